The summed E-state index contributed by atoms with van der Waals surface area (Å²) in [7, 11) is 1.75. The Labute approximate surface area is 99.7 Å². The van der Waals surface area contributed by atoms with Crippen LogP contribution in [0, 0.1) is 6.92 Å². The van der Waals surface area contributed by atoms with Gasteiger partial charge >= 0.3 is 0 Å². The summed E-state index contributed by atoms with van der Waals surface area (Å²) in [6.45, 7) is 5.64. The van der Waals surface area contributed by atoms with Crippen LogP contribution in [-0.2, 0) is 11.8 Å². The maximum Gasteiger partial charge on any atom is 0.272 e. The van der Waals surface area contributed by atoms with E-state index in [4.69, 9.17) is 0 Å². The summed E-state index contributed by atoms with van der Waals surface area (Å²) in [5.74, 6) is -0.617. The molecule has 2 N–H and O–H groups in total. The number of aromatic nitrogens is 2. The Morgan fingerprint density at radius 3 is 2.76 bits per heavy atom. The third kappa shape index (κ3) is 3.75. The minimum atomic E-state index is -0.359. The monoisotopic (exact) mass is 236 g/mol. The Kier molecular flexibility index (Phi) is 4.45. The van der Waals surface area contributed by atoms with E-state index in [1.54, 1.807) is 23.9 Å². The van der Waals surface area contributed by atoms with Crippen LogP contribution < -0.4 is 10.6 Å². The first kappa shape index (κ1) is 13.0. The van der Waals surface area contributed by atoms with E-state index >= 15 is 0 Å². The summed E-state index contributed by atoms with van der Waals surface area (Å²) in [5.41, 5.74) is 1.19. The topological polar surface area (TPSA) is 76.0 Å². The van der Waals surface area contributed by atoms with Gasteiger partial charge in [-0.25, -0.2) is 0 Å². The van der Waals surface area contributed by atoms with Crippen LogP contribution in [0.15, 0.2) is 18.7 Å². The molecule has 92 valence electrons. The molecule has 0 radical (unpaired) electrons. The highest BCUT2D eigenvalue weighted by atomic mass is 16.2. The summed E-state index contributed by atoms with van der Waals surface area (Å²) in [6, 6.07) is 1.66. The Hall–Kier alpha value is -2.11. The Bertz CT molecular complexity index is 417. The second-order valence-corrected chi connectivity index (χ2v) is 3.57. The average Bonchev–Trinajstić information content (AvgIpc) is 2.64. The van der Waals surface area contributed by atoms with Crippen molar-refractivity contribution in [2.75, 3.05) is 13.1 Å². The van der Waals surface area contributed by atoms with Gasteiger partial charge in [0.25, 0.3) is 5.91 Å². The van der Waals surface area contributed by atoms with Crippen molar-refractivity contribution in [1.29, 1.82) is 0 Å². The van der Waals surface area contributed by atoms with Gasteiger partial charge in [-0.2, -0.15) is 5.10 Å². The maximum absolute atomic E-state index is 11.6. The molecule has 0 saturated carbocycles. The van der Waals surface area contributed by atoms with Gasteiger partial charge in [0.1, 0.15) is 5.69 Å². The molecule has 0 bridgehead atoms. The van der Waals surface area contributed by atoms with E-state index in [0.29, 0.717) is 12.2 Å². The minimum Gasteiger partial charge on any atom is -0.351 e. The summed E-state index contributed by atoms with van der Waals surface area (Å²) in [6.07, 6.45) is 1.57. The third-order valence-corrected chi connectivity index (χ3v) is 2.20. The third-order valence-electron chi connectivity index (χ3n) is 2.20. The van der Waals surface area contributed by atoms with Crippen LogP contribution in [0.5, 0.6) is 0 Å². The number of nitrogens with one attached hydrogen (secondary N) is 2. The standard InChI is InChI=1S/C11H16N4O2/c1-4-5-12-10(16)7-13-11(17)9-6-8(2)15(3)14-9/h4,6H,1,5,7H2,2-3H3,(H,12,16)(H,13,17). The molecule has 6 nitrogen and oxygen atoms in total. The Morgan fingerprint density at radius 1 is 1.53 bits per heavy atom. The highest BCUT2D eigenvalue weighted by molar-refractivity contribution is 5.94. The fourth-order valence-corrected chi connectivity index (χ4v) is 1.17. The van der Waals surface area contributed by atoms with Crippen molar-refractivity contribution in [3.63, 3.8) is 0 Å². The number of rotatable bonds is 5. The zero-order valence-corrected chi connectivity index (χ0v) is 9.99. The molecule has 0 aromatic carbocycles. The lowest BCUT2D eigenvalue weighted by molar-refractivity contribution is -0.119. The number of nitrogens with zero attached hydrogens (tertiary/aromatic N) is 2. The number of aryl methyl sites for hydroxylation is 2. The van der Waals surface area contributed by atoms with Crippen molar-refractivity contribution in [3.05, 3.63) is 30.1 Å². The number of amides is 2. The lowest BCUT2D eigenvalue weighted by atomic mass is 10.3. The van der Waals surface area contributed by atoms with E-state index < -0.39 is 0 Å². The lowest BCUT2D eigenvalue weighted by Gasteiger charge is -2.03. The molecule has 0 unspecified atom stereocenters. The molecule has 2 amide bonds. The van der Waals surface area contributed by atoms with Gasteiger partial charge in [-0.15, -0.1) is 6.58 Å². The molecular formula is C11H16N4O2. The second-order valence-electron chi connectivity index (χ2n) is 3.57. The maximum atomic E-state index is 11.6. The molecule has 17 heavy (non-hydrogen) atoms. The van der Waals surface area contributed by atoms with Crippen molar-refractivity contribution in [2.24, 2.45) is 7.05 Å². The van der Waals surface area contributed by atoms with E-state index in [1.165, 1.54) is 0 Å². The lowest BCUT2D eigenvalue weighted by Crippen LogP contribution is -2.37. The molecule has 1 aromatic heterocycles. The predicted octanol–water partition coefficient (Wildman–Crippen LogP) is -0.239. The van der Waals surface area contributed by atoms with E-state index in [1.807, 2.05) is 6.92 Å². The first-order chi connectivity index (χ1) is 8.04. The predicted molar refractivity (Wildman–Crippen MR) is 63.5 cm³/mol. The van der Waals surface area contributed by atoms with Crippen LogP contribution in [0.3, 0.4) is 0 Å². The average molecular weight is 236 g/mol. The van der Waals surface area contributed by atoms with Gasteiger partial charge < -0.3 is 10.6 Å². The quantitative estimate of drug-likeness (QED) is 0.693. The summed E-state index contributed by atoms with van der Waals surface area (Å²) in [4.78, 5) is 22.8. The molecule has 6 heteroatoms. The van der Waals surface area contributed by atoms with Gasteiger partial charge in [0.05, 0.1) is 6.54 Å². The van der Waals surface area contributed by atoms with Crippen LogP contribution in [-0.4, -0.2) is 34.7 Å². The molecular weight excluding hydrogens is 220 g/mol. The summed E-state index contributed by atoms with van der Waals surface area (Å²) < 4.78 is 1.60. The molecule has 0 aliphatic rings. The first-order valence-corrected chi connectivity index (χ1v) is 5.21. The number of carbonyl (C=O) groups excluding carboxylic acids is 2. The smallest absolute Gasteiger partial charge is 0.272 e. The molecule has 0 atom stereocenters. The summed E-state index contributed by atoms with van der Waals surface area (Å²) >= 11 is 0. The zero-order chi connectivity index (χ0) is 12.8. The molecule has 0 aliphatic heterocycles. The zero-order valence-electron chi connectivity index (χ0n) is 9.99. The number of hydrogen-bond donors (Lipinski definition) is 2. The first-order valence-electron chi connectivity index (χ1n) is 5.21. The minimum absolute atomic E-state index is 0.0672. The van der Waals surface area contributed by atoms with Crippen molar-refractivity contribution in [1.82, 2.24) is 20.4 Å². The van der Waals surface area contributed by atoms with E-state index in [-0.39, 0.29) is 18.4 Å². The highest BCUT2D eigenvalue weighted by Gasteiger charge is 2.11. The number of carbonyl (C=O) groups is 2. The van der Waals surface area contributed by atoms with E-state index in [0.717, 1.165) is 5.69 Å². The van der Waals surface area contributed by atoms with Crippen LogP contribution in [0.1, 0.15) is 16.2 Å². The van der Waals surface area contributed by atoms with Gasteiger partial charge in [-0.1, -0.05) is 6.08 Å². The van der Waals surface area contributed by atoms with E-state index in [9.17, 15) is 9.59 Å². The molecule has 1 rings (SSSR count). The Morgan fingerprint density at radius 2 is 2.24 bits per heavy atom. The van der Waals surface area contributed by atoms with Crippen molar-refractivity contribution >= 4 is 11.8 Å². The summed E-state index contributed by atoms with van der Waals surface area (Å²) in [5, 5.41) is 9.05. The molecule has 0 spiro atoms. The van der Waals surface area contributed by atoms with Gasteiger partial charge in [0, 0.05) is 19.3 Å². The highest BCUT2D eigenvalue weighted by Crippen LogP contribution is 2.00. The fraction of sp³-hybridized carbons (Fsp3) is 0.364. The van der Waals surface area contributed by atoms with Gasteiger partial charge in [-0.3, -0.25) is 14.3 Å². The molecule has 0 saturated heterocycles. The largest absolute Gasteiger partial charge is 0.351 e. The Balaban J connectivity index is 2.44. The molecule has 1 aromatic rings. The van der Waals surface area contributed by atoms with Crippen molar-refractivity contribution in [2.45, 2.75) is 6.92 Å². The SMILES string of the molecule is C=CCNC(=O)CNC(=O)c1cc(C)n(C)n1. The fourth-order valence-electron chi connectivity index (χ4n) is 1.17. The van der Waals surface area contributed by atoms with Gasteiger partial charge in [0.15, 0.2) is 0 Å². The van der Waals surface area contributed by atoms with Crippen molar-refractivity contribution < 1.29 is 9.59 Å². The van der Waals surface area contributed by atoms with Crippen LogP contribution in [0.25, 0.3) is 0 Å². The normalized spacial score (nSPS) is 9.76. The van der Waals surface area contributed by atoms with Gasteiger partial charge in [0.2, 0.25) is 5.91 Å². The van der Waals surface area contributed by atoms with E-state index in [2.05, 4.69) is 22.3 Å². The van der Waals surface area contributed by atoms with Crippen LogP contribution >= 0.6 is 0 Å². The van der Waals surface area contributed by atoms with Crippen molar-refractivity contribution in [3.8, 4) is 0 Å². The van der Waals surface area contributed by atoms with Crippen LogP contribution in [0.4, 0.5) is 0 Å². The van der Waals surface area contributed by atoms with Gasteiger partial charge in [-0.05, 0) is 13.0 Å². The molecule has 0 aliphatic carbocycles. The number of hydrogen-bond acceptors (Lipinski definition) is 3. The molecule has 0 fully saturated rings. The van der Waals surface area contributed by atoms with Crippen LogP contribution in [0.2, 0.25) is 0 Å². The molecule has 1 heterocycles. The second kappa shape index (κ2) is 5.83.